The molecule has 6 heteroatoms. The number of carbonyl (C=O) groups excluding carboxylic acids is 1. The number of nitrogens with one attached hydrogen (secondary N) is 1. The summed E-state index contributed by atoms with van der Waals surface area (Å²) in [4.78, 5) is 17.0. The standard InChI is InChI=1S/C25H26N4O2/c1-18-13-24(19(2)29(18)22-7-9-23(31-3)10-8-22)25(30)27-15-20-5-4-6-21(14-20)16-28-12-11-26-17-28/h4-14,17H,15-16H2,1-3H3,(H,27,30). The van der Waals surface area contributed by atoms with Crippen LogP contribution in [-0.2, 0) is 13.1 Å². The first-order valence-electron chi connectivity index (χ1n) is 10.2. The summed E-state index contributed by atoms with van der Waals surface area (Å²) < 4.78 is 9.35. The number of imidazole rings is 1. The predicted octanol–water partition coefficient (Wildman–Crippen LogP) is 4.28. The third kappa shape index (κ3) is 4.53. The van der Waals surface area contributed by atoms with Crippen molar-refractivity contribution < 1.29 is 9.53 Å². The number of rotatable bonds is 7. The zero-order valence-corrected chi connectivity index (χ0v) is 18.0. The molecule has 1 amide bonds. The van der Waals surface area contributed by atoms with Crippen LogP contribution in [0.1, 0.15) is 32.9 Å². The van der Waals surface area contributed by atoms with E-state index in [1.807, 2.05) is 67.1 Å². The van der Waals surface area contributed by atoms with Gasteiger partial charge < -0.3 is 19.2 Å². The second kappa shape index (κ2) is 8.92. The van der Waals surface area contributed by atoms with Crippen LogP contribution in [0.5, 0.6) is 5.75 Å². The SMILES string of the molecule is COc1ccc(-n2c(C)cc(C(=O)NCc3cccc(Cn4ccnc4)c3)c2C)cc1. The molecule has 6 nitrogen and oxygen atoms in total. The second-order valence-electron chi connectivity index (χ2n) is 7.56. The van der Waals surface area contributed by atoms with Crippen LogP contribution < -0.4 is 10.1 Å². The van der Waals surface area contributed by atoms with E-state index in [2.05, 4.69) is 27.0 Å². The van der Waals surface area contributed by atoms with Gasteiger partial charge in [0.2, 0.25) is 0 Å². The zero-order chi connectivity index (χ0) is 21.8. The monoisotopic (exact) mass is 414 g/mol. The van der Waals surface area contributed by atoms with Gasteiger partial charge in [-0.3, -0.25) is 4.79 Å². The molecule has 158 valence electrons. The molecule has 2 aromatic carbocycles. The minimum Gasteiger partial charge on any atom is -0.497 e. The number of nitrogens with zero attached hydrogens (tertiary/aromatic N) is 3. The minimum absolute atomic E-state index is 0.0760. The van der Waals surface area contributed by atoms with E-state index in [1.54, 1.807) is 19.6 Å². The molecule has 31 heavy (non-hydrogen) atoms. The largest absolute Gasteiger partial charge is 0.497 e. The van der Waals surface area contributed by atoms with Crippen LogP contribution in [0.15, 0.2) is 73.3 Å². The third-order valence-electron chi connectivity index (χ3n) is 5.38. The maximum atomic E-state index is 12.9. The van der Waals surface area contributed by atoms with Crippen LogP contribution in [0.25, 0.3) is 5.69 Å². The van der Waals surface area contributed by atoms with E-state index in [4.69, 9.17) is 4.74 Å². The molecule has 0 unspecified atom stereocenters. The quantitative estimate of drug-likeness (QED) is 0.491. The fourth-order valence-electron chi connectivity index (χ4n) is 3.83. The van der Waals surface area contributed by atoms with Gasteiger partial charge in [0, 0.05) is 42.6 Å². The van der Waals surface area contributed by atoms with Crippen molar-refractivity contribution in [2.75, 3.05) is 7.11 Å². The first-order chi connectivity index (χ1) is 15.0. The Hall–Kier alpha value is -3.80. The van der Waals surface area contributed by atoms with Crippen LogP contribution in [0.4, 0.5) is 0 Å². The maximum Gasteiger partial charge on any atom is 0.253 e. The lowest BCUT2D eigenvalue weighted by Gasteiger charge is -2.11. The average Bonchev–Trinajstić information content (AvgIpc) is 3.40. The van der Waals surface area contributed by atoms with E-state index < -0.39 is 0 Å². The first kappa shape index (κ1) is 20.5. The van der Waals surface area contributed by atoms with Crippen molar-refractivity contribution in [3.63, 3.8) is 0 Å². The van der Waals surface area contributed by atoms with Gasteiger partial charge in [-0.1, -0.05) is 24.3 Å². The summed E-state index contributed by atoms with van der Waals surface area (Å²) in [6.45, 7) is 5.21. The highest BCUT2D eigenvalue weighted by molar-refractivity contribution is 5.95. The Balaban J connectivity index is 1.47. The van der Waals surface area contributed by atoms with Gasteiger partial charge >= 0.3 is 0 Å². The number of benzene rings is 2. The van der Waals surface area contributed by atoms with Gasteiger partial charge in [0.1, 0.15) is 5.75 Å². The smallest absolute Gasteiger partial charge is 0.253 e. The Bertz CT molecular complexity index is 1170. The molecule has 2 aromatic heterocycles. The Morgan fingerprint density at radius 3 is 2.55 bits per heavy atom. The highest BCUT2D eigenvalue weighted by Crippen LogP contribution is 2.23. The molecule has 4 aromatic rings. The Labute approximate surface area is 182 Å². The number of hydrogen-bond acceptors (Lipinski definition) is 3. The fourth-order valence-corrected chi connectivity index (χ4v) is 3.83. The van der Waals surface area contributed by atoms with Gasteiger partial charge in [-0.15, -0.1) is 0 Å². The van der Waals surface area contributed by atoms with E-state index in [9.17, 15) is 4.79 Å². The van der Waals surface area contributed by atoms with Crippen LogP contribution in [0.3, 0.4) is 0 Å². The molecular weight excluding hydrogens is 388 g/mol. The van der Waals surface area contributed by atoms with Gasteiger partial charge in [0.25, 0.3) is 5.91 Å². The number of hydrogen-bond donors (Lipinski definition) is 1. The van der Waals surface area contributed by atoms with Gasteiger partial charge in [-0.25, -0.2) is 4.98 Å². The Morgan fingerprint density at radius 2 is 1.84 bits per heavy atom. The van der Waals surface area contributed by atoms with E-state index in [0.717, 1.165) is 34.9 Å². The van der Waals surface area contributed by atoms with Crippen molar-refractivity contribution in [2.24, 2.45) is 0 Å². The van der Waals surface area contributed by atoms with Crippen molar-refractivity contribution in [1.29, 1.82) is 0 Å². The second-order valence-corrected chi connectivity index (χ2v) is 7.56. The molecule has 0 aliphatic heterocycles. The fraction of sp³-hybridized carbons (Fsp3) is 0.200. The maximum absolute atomic E-state index is 12.9. The molecule has 0 bridgehead atoms. The molecule has 0 atom stereocenters. The van der Waals surface area contributed by atoms with Gasteiger partial charge in [-0.05, 0) is 55.3 Å². The number of carbonyl (C=O) groups is 1. The van der Waals surface area contributed by atoms with E-state index >= 15 is 0 Å². The van der Waals surface area contributed by atoms with Crippen molar-refractivity contribution in [3.8, 4) is 11.4 Å². The predicted molar refractivity (Wildman–Crippen MR) is 121 cm³/mol. The van der Waals surface area contributed by atoms with Crippen LogP contribution >= 0.6 is 0 Å². The summed E-state index contributed by atoms with van der Waals surface area (Å²) in [5, 5.41) is 3.06. The van der Waals surface area contributed by atoms with Gasteiger partial charge in [0.15, 0.2) is 0 Å². The molecule has 0 aliphatic rings. The van der Waals surface area contributed by atoms with Crippen LogP contribution in [0, 0.1) is 13.8 Å². The number of aromatic nitrogens is 3. The molecule has 1 N–H and O–H groups in total. The number of methoxy groups -OCH3 is 1. The molecular formula is C25H26N4O2. The van der Waals surface area contributed by atoms with Crippen molar-refractivity contribution >= 4 is 5.91 Å². The summed E-state index contributed by atoms with van der Waals surface area (Å²) in [6, 6.07) is 18.0. The normalized spacial score (nSPS) is 10.8. The summed E-state index contributed by atoms with van der Waals surface area (Å²) in [5.41, 5.74) is 5.84. The highest BCUT2D eigenvalue weighted by Gasteiger charge is 2.16. The van der Waals surface area contributed by atoms with E-state index in [-0.39, 0.29) is 5.91 Å². The Morgan fingerprint density at radius 1 is 1.06 bits per heavy atom. The highest BCUT2D eigenvalue weighted by atomic mass is 16.5. The molecule has 2 heterocycles. The first-order valence-corrected chi connectivity index (χ1v) is 10.2. The molecule has 0 fully saturated rings. The number of ether oxygens (including phenoxy) is 1. The molecule has 0 saturated heterocycles. The summed E-state index contributed by atoms with van der Waals surface area (Å²) in [5.74, 6) is 0.729. The molecule has 0 spiro atoms. The Kier molecular flexibility index (Phi) is 5.89. The van der Waals surface area contributed by atoms with Crippen LogP contribution in [0.2, 0.25) is 0 Å². The van der Waals surface area contributed by atoms with E-state index in [0.29, 0.717) is 12.1 Å². The van der Waals surface area contributed by atoms with Gasteiger partial charge in [0.05, 0.1) is 19.0 Å². The van der Waals surface area contributed by atoms with Crippen molar-refractivity contribution in [2.45, 2.75) is 26.9 Å². The average molecular weight is 415 g/mol. The lowest BCUT2D eigenvalue weighted by molar-refractivity contribution is 0.0950. The summed E-state index contributed by atoms with van der Waals surface area (Å²) in [6.07, 6.45) is 5.51. The van der Waals surface area contributed by atoms with Gasteiger partial charge in [-0.2, -0.15) is 0 Å². The topological polar surface area (TPSA) is 61.1 Å². The lowest BCUT2D eigenvalue weighted by atomic mass is 10.1. The lowest BCUT2D eigenvalue weighted by Crippen LogP contribution is -2.23. The zero-order valence-electron chi connectivity index (χ0n) is 18.0. The third-order valence-corrected chi connectivity index (χ3v) is 5.38. The van der Waals surface area contributed by atoms with Crippen molar-refractivity contribution in [1.82, 2.24) is 19.4 Å². The summed E-state index contributed by atoms with van der Waals surface area (Å²) >= 11 is 0. The minimum atomic E-state index is -0.0760. The summed E-state index contributed by atoms with van der Waals surface area (Å²) in [7, 11) is 1.65. The molecule has 0 radical (unpaired) electrons. The molecule has 0 saturated carbocycles. The van der Waals surface area contributed by atoms with E-state index in [1.165, 1.54) is 5.56 Å². The molecule has 4 rings (SSSR count). The number of amides is 1. The molecule has 0 aliphatic carbocycles. The van der Waals surface area contributed by atoms with Crippen molar-refractivity contribution in [3.05, 3.63) is 101 Å². The van der Waals surface area contributed by atoms with Crippen LogP contribution in [-0.4, -0.2) is 27.1 Å². The number of aryl methyl sites for hydroxylation is 1.